The Morgan fingerprint density at radius 3 is 2.60 bits per heavy atom. The van der Waals surface area contributed by atoms with Crippen LogP contribution in [-0.4, -0.2) is 83.5 Å². The van der Waals surface area contributed by atoms with E-state index in [-0.39, 0.29) is 24.4 Å². The molecule has 2 fully saturated rings. The fourth-order valence-corrected chi connectivity index (χ4v) is 6.04. The zero-order chi connectivity index (χ0) is 23.9. The molecule has 3 aromatic rings. The van der Waals surface area contributed by atoms with Gasteiger partial charge < -0.3 is 19.5 Å². The molecule has 7 nitrogen and oxygen atoms in total. The molecule has 1 aromatic heterocycles. The van der Waals surface area contributed by atoms with Crippen molar-refractivity contribution < 1.29 is 14.3 Å². The molecule has 1 N–H and O–H groups in total. The summed E-state index contributed by atoms with van der Waals surface area (Å²) in [5.74, 6) is 0.0969. The Hall–Kier alpha value is -3.16. The van der Waals surface area contributed by atoms with E-state index in [1.807, 2.05) is 29.2 Å². The van der Waals surface area contributed by atoms with Gasteiger partial charge in [-0.1, -0.05) is 42.5 Å². The number of carbonyl (C=O) groups is 2. The van der Waals surface area contributed by atoms with Crippen molar-refractivity contribution in [3.05, 3.63) is 70.9 Å². The molecule has 3 aliphatic heterocycles. The molecule has 2 aromatic carbocycles. The third-order valence-electron chi connectivity index (χ3n) is 7.83. The first-order valence-corrected chi connectivity index (χ1v) is 12.7. The third-order valence-corrected chi connectivity index (χ3v) is 7.83. The van der Waals surface area contributed by atoms with Gasteiger partial charge in [-0.3, -0.25) is 14.5 Å². The number of aryl methyl sites for hydroxylation is 1. The number of para-hydroxylation sites is 1. The van der Waals surface area contributed by atoms with Gasteiger partial charge in [0.05, 0.1) is 25.8 Å². The van der Waals surface area contributed by atoms with E-state index in [0.29, 0.717) is 13.0 Å². The summed E-state index contributed by atoms with van der Waals surface area (Å²) < 4.78 is 5.43. The van der Waals surface area contributed by atoms with Gasteiger partial charge >= 0.3 is 0 Å². The molecule has 0 spiro atoms. The van der Waals surface area contributed by atoms with Gasteiger partial charge in [-0.15, -0.1) is 0 Å². The van der Waals surface area contributed by atoms with Crippen LogP contribution in [0.25, 0.3) is 10.9 Å². The quantitative estimate of drug-likeness (QED) is 0.620. The lowest BCUT2D eigenvalue weighted by Crippen LogP contribution is -2.63. The first kappa shape index (κ1) is 22.3. The Balaban J connectivity index is 1.33. The molecule has 4 heterocycles. The van der Waals surface area contributed by atoms with Crippen molar-refractivity contribution in [3.8, 4) is 0 Å². The molecule has 2 unspecified atom stereocenters. The zero-order valence-corrected chi connectivity index (χ0v) is 20.2. The number of amides is 2. The Kier molecular flexibility index (Phi) is 5.82. The molecule has 2 amide bonds. The standard InChI is InChI=1S/C28H32N4O3/c1-19-7-2-3-8-20(19)27-26-22(21-9-4-5-10-23(21)29-26)17-24-28(34)31(18-25(33)32(24)27)12-6-11-30-13-15-35-16-14-30/h2-5,7-10,24,27,29H,6,11-18H2,1H3. The maximum Gasteiger partial charge on any atom is 0.246 e. The Morgan fingerprint density at radius 2 is 1.77 bits per heavy atom. The number of benzene rings is 2. The molecule has 3 aliphatic rings. The number of carbonyl (C=O) groups excluding carboxylic acids is 2. The van der Waals surface area contributed by atoms with Crippen LogP contribution in [0.3, 0.4) is 0 Å². The first-order valence-electron chi connectivity index (χ1n) is 12.7. The summed E-state index contributed by atoms with van der Waals surface area (Å²) >= 11 is 0. The van der Waals surface area contributed by atoms with E-state index >= 15 is 0 Å². The second-order valence-corrected chi connectivity index (χ2v) is 9.91. The summed E-state index contributed by atoms with van der Waals surface area (Å²) in [6.07, 6.45) is 1.41. The molecule has 2 atom stereocenters. The van der Waals surface area contributed by atoms with E-state index < -0.39 is 6.04 Å². The van der Waals surface area contributed by atoms with Crippen LogP contribution in [0, 0.1) is 6.92 Å². The number of piperazine rings is 1. The van der Waals surface area contributed by atoms with Crippen molar-refractivity contribution >= 4 is 22.7 Å². The number of fused-ring (bicyclic) bond motifs is 4. The smallest absolute Gasteiger partial charge is 0.246 e. The highest BCUT2D eigenvalue weighted by Gasteiger charge is 2.48. The van der Waals surface area contributed by atoms with E-state index in [4.69, 9.17) is 4.74 Å². The largest absolute Gasteiger partial charge is 0.379 e. The van der Waals surface area contributed by atoms with Crippen molar-refractivity contribution in [1.29, 1.82) is 0 Å². The highest BCUT2D eigenvalue weighted by Crippen LogP contribution is 2.43. The predicted molar refractivity (Wildman–Crippen MR) is 134 cm³/mol. The van der Waals surface area contributed by atoms with Gasteiger partial charge in [-0.25, -0.2) is 0 Å². The topological polar surface area (TPSA) is 68.9 Å². The zero-order valence-electron chi connectivity index (χ0n) is 20.2. The summed E-state index contributed by atoms with van der Waals surface area (Å²) in [5, 5.41) is 1.14. The van der Waals surface area contributed by atoms with Gasteiger partial charge in [-0.2, -0.15) is 0 Å². The molecular formula is C28H32N4O3. The highest BCUT2D eigenvalue weighted by molar-refractivity contribution is 5.97. The van der Waals surface area contributed by atoms with Gasteiger partial charge in [0.15, 0.2) is 0 Å². The minimum absolute atomic E-state index is 0.0264. The molecule has 2 saturated heterocycles. The number of ether oxygens (including phenoxy) is 1. The van der Waals surface area contributed by atoms with Crippen LogP contribution >= 0.6 is 0 Å². The first-order chi connectivity index (χ1) is 17.1. The number of hydrogen-bond donors (Lipinski definition) is 1. The van der Waals surface area contributed by atoms with Crippen LogP contribution < -0.4 is 0 Å². The normalized spacial score (nSPS) is 23.0. The van der Waals surface area contributed by atoms with E-state index in [1.165, 1.54) is 0 Å². The van der Waals surface area contributed by atoms with Crippen molar-refractivity contribution in [2.24, 2.45) is 0 Å². The molecule has 182 valence electrons. The fourth-order valence-electron chi connectivity index (χ4n) is 6.04. The van der Waals surface area contributed by atoms with Gasteiger partial charge in [0, 0.05) is 49.2 Å². The molecule has 0 bridgehead atoms. The molecule has 0 aliphatic carbocycles. The van der Waals surface area contributed by atoms with Crippen LogP contribution in [0.4, 0.5) is 0 Å². The Morgan fingerprint density at radius 1 is 1.00 bits per heavy atom. The highest BCUT2D eigenvalue weighted by atomic mass is 16.5. The SMILES string of the molecule is Cc1ccccc1C1c2[nH]c3ccccc3c2CC2C(=O)N(CCCN3CCOCC3)CC(=O)N21. The Labute approximate surface area is 205 Å². The summed E-state index contributed by atoms with van der Waals surface area (Å²) in [6, 6.07) is 15.7. The third kappa shape index (κ3) is 3.93. The van der Waals surface area contributed by atoms with Crippen molar-refractivity contribution in [3.63, 3.8) is 0 Å². The van der Waals surface area contributed by atoms with Crippen LogP contribution in [0.5, 0.6) is 0 Å². The van der Waals surface area contributed by atoms with E-state index in [0.717, 1.165) is 72.6 Å². The van der Waals surface area contributed by atoms with Crippen LogP contribution in [-0.2, 0) is 20.7 Å². The van der Waals surface area contributed by atoms with Crippen LogP contribution in [0.15, 0.2) is 48.5 Å². The maximum atomic E-state index is 13.8. The summed E-state index contributed by atoms with van der Waals surface area (Å²) in [7, 11) is 0. The number of aromatic nitrogens is 1. The maximum absolute atomic E-state index is 13.8. The Bertz CT molecular complexity index is 1260. The van der Waals surface area contributed by atoms with Crippen LogP contribution in [0.2, 0.25) is 0 Å². The summed E-state index contributed by atoms with van der Waals surface area (Å²) in [5.41, 5.74) is 5.45. The van der Waals surface area contributed by atoms with Crippen LogP contribution in [0.1, 0.15) is 34.8 Å². The number of aromatic amines is 1. The molecule has 0 radical (unpaired) electrons. The van der Waals surface area contributed by atoms with E-state index in [2.05, 4.69) is 41.1 Å². The molecule has 35 heavy (non-hydrogen) atoms. The summed E-state index contributed by atoms with van der Waals surface area (Å²) in [4.78, 5) is 37.1. The lowest BCUT2D eigenvalue weighted by molar-refractivity contribution is -0.158. The number of H-pyrrole nitrogens is 1. The molecule has 0 saturated carbocycles. The van der Waals surface area contributed by atoms with Gasteiger partial charge in [0.2, 0.25) is 11.8 Å². The fraction of sp³-hybridized carbons (Fsp3) is 0.429. The number of rotatable bonds is 5. The van der Waals surface area contributed by atoms with Gasteiger partial charge in [0.25, 0.3) is 0 Å². The average molecular weight is 473 g/mol. The second kappa shape index (κ2) is 9.13. The number of nitrogens with zero attached hydrogens (tertiary/aromatic N) is 3. The lowest BCUT2D eigenvalue weighted by Gasteiger charge is -2.47. The average Bonchev–Trinajstić information content (AvgIpc) is 3.25. The lowest BCUT2D eigenvalue weighted by atomic mass is 9.85. The van der Waals surface area contributed by atoms with E-state index in [9.17, 15) is 9.59 Å². The monoisotopic (exact) mass is 472 g/mol. The minimum Gasteiger partial charge on any atom is -0.379 e. The number of morpholine rings is 1. The van der Waals surface area contributed by atoms with Crippen molar-refractivity contribution in [2.45, 2.75) is 31.8 Å². The van der Waals surface area contributed by atoms with Gasteiger partial charge in [0.1, 0.15) is 6.04 Å². The van der Waals surface area contributed by atoms with Crippen molar-refractivity contribution in [1.82, 2.24) is 19.7 Å². The molecular weight excluding hydrogens is 440 g/mol. The van der Waals surface area contributed by atoms with E-state index in [1.54, 1.807) is 4.90 Å². The van der Waals surface area contributed by atoms with Gasteiger partial charge in [-0.05, 0) is 36.1 Å². The summed E-state index contributed by atoms with van der Waals surface area (Å²) in [6.45, 7) is 7.17. The minimum atomic E-state index is -0.476. The predicted octanol–water partition coefficient (Wildman–Crippen LogP) is 2.88. The number of nitrogens with one attached hydrogen (secondary N) is 1. The second-order valence-electron chi connectivity index (χ2n) is 9.91. The van der Waals surface area contributed by atoms with Crippen molar-refractivity contribution in [2.75, 3.05) is 45.9 Å². The molecule has 7 heteroatoms. The molecule has 6 rings (SSSR count). The number of hydrogen-bond acceptors (Lipinski definition) is 4.